The Morgan fingerprint density at radius 1 is 1.08 bits per heavy atom. The minimum absolute atomic E-state index is 0.171. The number of hydrogen-bond acceptors (Lipinski definition) is 2. The van der Waals surface area contributed by atoms with Crippen LogP contribution < -0.4 is 0 Å². The zero-order valence-corrected chi connectivity index (χ0v) is 9.47. The van der Waals surface area contributed by atoms with Gasteiger partial charge in [-0.2, -0.15) is 0 Å². The third-order valence-electron chi connectivity index (χ3n) is 3.08. The predicted molar refractivity (Wildman–Crippen MR) is 55.5 cm³/mol. The van der Waals surface area contributed by atoms with E-state index >= 15 is 0 Å². The molecule has 13 heavy (non-hydrogen) atoms. The molecule has 0 bridgehead atoms. The van der Waals surface area contributed by atoms with Gasteiger partial charge in [-0.1, -0.05) is 6.08 Å². The van der Waals surface area contributed by atoms with Crippen LogP contribution in [0.25, 0.3) is 0 Å². The lowest BCUT2D eigenvalue weighted by atomic mass is 9.79. The summed E-state index contributed by atoms with van der Waals surface area (Å²) in [4.78, 5) is 0. The van der Waals surface area contributed by atoms with Crippen molar-refractivity contribution < 1.29 is 9.31 Å². The van der Waals surface area contributed by atoms with E-state index in [1.54, 1.807) is 0 Å². The number of allylic oxidation sites excluding steroid dienone is 2. The van der Waals surface area contributed by atoms with E-state index in [1.807, 2.05) is 19.9 Å². The topological polar surface area (TPSA) is 18.5 Å². The van der Waals surface area contributed by atoms with Gasteiger partial charge in [0.25, 0.3) is 0 Å². The molecule has 74 valence electrons. The van der Waals surface area contributed by atoms with Crippen LogP contribution in [0.15, 0.2) is 11.5 Å². The van der Waals surface area contributed by atoms with Crippen molar-refractivity contribution in [2.45, 2.75) is 52.7 Å². The van der Waals surface area contributed by atoms with E-state index in [0.29, 0.717) is 0 Å². The normalized spacial score (nSPS) is 26.6. The monoisotopic (exact) mass is 182 g/mol. The second-order valence-corrected chi connectivity index (χ2v) is 4.62. The van der Waals surface area contributed by atoms with E-state index in [-0.39, 0.29) is 18.3 Å². The summed E-state index contributed by atoms with van der Waals surface area (Å²) in [6.45, 7) is 12.3. The fourth-order valence-corrected chi connectivity index (χ4v) is 1.17. The van der Waals surface area contributed by atoms with Gasteiger partial charge < -0.3 is 9.31 Å². The van der Waals surface area contributed by atoms with Crippen LogP contribution in [-0.2, 0) is 9.31 Å². The van der Waals surface area contributed by atoms with E-state index in [0.717, 1.165) is 5.47 Å². The highest BCUT2D eigenvalue weighted by Gasteiger charge is 2.51. The molecular formula is C10H19BO2. The molecule has 0 N–H and O–H groups in total. The summed E-state index contributed by atoms with van der Waals surface area (Å²) in [5.74, 6) is 0. The second kappa shape index (κ2) is 3.14. The van der Waals surface area contributed by atoms with Gasteiger partial charge in [-0.25, -0.2) is 0 Å². The first kappa shape index (κ1) is 10.8. The fraction of sp³-hybridized carbons (Fsp3) is 0.800. The van der Waals surface area contributed by atoms with Crippen LogP contribution in [0.3, 0.4) is 0 Å². The molecule has 0 aromatic rings. The molecule has 1 aliphatic heterocycles. The quantitative estimate of drug-likeness (QED) is 0.580. The molecule has 1 saturated heterocycles. The maximum atomic E-state index is 5.83. The standard InChI is InChI=1S/C10H19BO2/c1-7-8(2)11-12-9(3,4)10(5,6)13-11/h7H,1-6H3/b8-7-. The second-order valence-electron chi connectivity index (χ2n) is 4.62. The minimum atomic E-state index is -0.220. The summed E-state index contributed by atoms with van der Waals surface area (Å²) in [5, 5.41) is 0. The molecule has 0 unspecified atom stereocenters. The summed E-state index contributed by atoms with van der Waals surface area (Å²) in [5.41, 5.74) is 0.697. The Hall–Kier alpha value is -0.275. The van der Waals surface area contributed by atoms with Crippen molar-refractivity contribution in [3.8, 4) is 0 Å². The fourth-order valence-electron chi connectivity index (χ4n) is 1.17. The Morgan fingerprint density at radius 2 is 1.46 bits per heavy atom. The van der Waals surface area contributed by atoms with Crippen LogP contribution in [0, 0.1) is 0 Å². The van der Waals surface area contributed by atoms with Crippen LogP contribution in [0.1, 0.15) is 41.5 Å². The molecule has 0 radical (unpaired) electrons. The SMILES string of the molecule is C/C=C(/C)B1OC(C)(C)C(C)(C)O1. The zero-order valence-electron chi connectivity index (χ0n) is 9.47. The molecule has 0 amide bonds. The van der Waals surface area contributed by atoms with Crippen LogP contribution in [0.5, 0.6) is 0 Å². The van der Waals surface area contributed by atoms with Gasteiger partial charge in [-0.05, 0) is 47.0 Å². The third-order valence-corrected chi connectivity index (χ3v) is 3.08. The number of hydrogen-bond donors (Lipinski definition) is 0. The van der Waals surface area contributed by atoms with Crippen LogP contribution >= 0.6 is 0 Å². The van der Waals surface area contributed by atoms with Crippen molar-refractivity contribution in [1.82, 2.24) is 0 Å². The highest BCUT2D eigenvalue weighted by molar-refractivity contribution is 6.54. The lowest BCUT2D eigenvalue weighted by molar-refractivity contribution is 0.00578. The van der Waals surface area contributed by atoms with E-state index in [9.17, 15) is 0 Å². The van der Waals surface area contributed by atoms with Crippen LogP contribution in [0.2, 0.25) is 0 Å². The Labute approximate surface area is 81.4 Å². The van der Waals surface area contributed by atoms with Crippen LogP contribution in [0.4, 0.5) is 0 Å². The number of rotatable bonds is 1. The molecule has 3 heteroatoms. The van der Waals surface area contributed by atoms with Crippen molar-refractivity contribution >= 4 is 7.12 Å². The van der Waals surface area contributed by atoms with Crippen LogP contribution in [-0.4, -0.2) is 18.3 Å². The molecule has 1 fully saturated rings. The summed E-state index contributed by atoms with van der Waals surface area (Å²) in [7, 11) is -0.171. The average molecular weight is 182 g/mol. The van der Waals surface area contributed by atoms with Crippen molar-refractivity contribution in [2.75, 3.05) is 0 Å². The maximum absolute atomic E-state index is 5.83. The van der Waals surface area contributed by atoms with Gasteiger partial charge in [0.15, 0.2) is 0 Å². The molecule has 0 aliphatic carbocycles. The van der Waals surface area contributed by atoms with Gasteiger partial charge in [0, 0.05) is 0 Å². The molecule has 0 aromatic heterocycles. The maximum Gasteiger partial charge on any atom is 0.489 e. The summed E-state index contributed by atoms with van der Waals surface area (Å²) in [6.07, 6.45) is 2.03. The summed E-state index contributed by atoms with van der Waals surface area (Å²) < 4.78 is 11.7. The van der Waals surface area contributed by atoms with E-state index < -0.39 is 0 Å². The molecule has 1 heterocycles. The third kappa shape index (κ3) is 1.81. The Morgan fingerprint density at radius 3 is 1.77 bits per heavy atom. The van der Waals surface area contributed by atoms with Gasteiger partial charge in [0.05, 0.1) is 11.2 Å². The van der Waals surface area contributed by atoms with Crippen molar-refractivity contribution in [3.05, 3.63) is 11.5 Å². The van der Waals surface area contributed by atoms with Crippen molar-refractivity contribution in [1.29, 1.82) is 0 Å². The smallest absolute Gasteiger partial charge is 0.400 e. The van der Waals surface area contributed by atoms with E-state index in [1.165, 1.54) is 0 Å². The summed E-state index contributed by atoms with van der Waals surface area (Å²) >= 11 is 0. The van der Waals surface area contributed by atoms with Gasteiger partial charge >= 0.3 is 7.12 Å². The molecule has 0 saturated carbocycles. The first-order valence-electron chi connectivity index (χ1n) is 4.78. The average Bonchev–Trinajstić information content (AvgIpc) is 2.20. The molecule has 0 aromatic carbocycles. The Bertz CT molecular complexity index is 215. The molecular weight excluding hydrogens is 163 g/mol. The highest BCUT2D eigenvalue weighted by Crippen LogP contribution is 2.38. The first-order chi connectivity index (χ1) is 5.80. The van der Waals surface area contributed by atoms with Gasteiger partial charge in [0.2, 0.25) is 0 Å². The minimum Gasteiger partial charge on any atom is -0.400 e. The van der Waals surface area contributed by atoms with Gasteiger partial charge in [-0.15, -0.1) is 0 Å². The molecule has 0 atom stereocenters. The van der Waals surface area contributed by atoms with Crippen molar-refractivity contribution in [3.63, 3.8) is 0 Å². The Balaban J connectivity index is 2.82. The van der Waals surface area contributed by atoms with Crippen molar-refractivity contribution in [2.24, 2.45) is 0 Å². The lowest BCUT2D eigenvalue weighted by Crippen LogP contribution is -2.41. The summed E-state index contributed by atoms with van der Waals surface area (Å²) in [6, 6.07) is 0. The first-order valence-corrected chi connectivity index (χ1v) is 4.78. The van der Waals surface area contributed by atoms with Gasteiger partial charge in [-0.3, -0.25) is 0 Å². The lowest BCUT2D eigenvalue weighted by Gasteiger charge is -2.32. The highest BCUT2D eigenvalue weighted by atomic mass is 16.7. The molecule has 0 spiro atoms. The molecule has 1 aliphatic rings. The molecule has 1 rings (SSSR count). The van der Waals surface area contributed by atoms with E-state index in [4.69, 9.17) is 9.31 Å². The van der Waals surface area contributed by atoms with E-state index in [2.05, 4.69) is 27.7 Å². The zero-order chi connectivity index (χ0) is 10.3. The Kier molecular flexibility index (Phi) is 2.61. The predicted octanol–water partition coefficient (Wildman–Crippen LogP) is 2.58. The molecule has 2 nitrogen and oxygen atoms in total. The largest absolute Gasteiger partial charge is 0.489 e. The van der Waals surface area contributed by atoms with Gasteiger partial charge in [0.1, 0.15) is 0 Å².